The number of anilines is 1. The third-order valence-corrected chi connectivity index (χ3v) is 7.44. The largest absolute Gasteiger partial charge is 0.454 e. The van der Waals surface area contributed by atoms with Crippen LogP contribution in [0.5, 0.6) is 0 Å². The molecule has 0 bridgehead atoms. The van der Waals surface area contributed by atoms with Gasteiger partial charge in [-0.05, 0) is 57.9 Å². The molecule has 1 saturated heterocycles. The van der Waals surface area contributed by atoms with Crippen molar-refractivity contribution < 1.29 is 22.7 Å². The second kappa shape index (κ2) is 8.54. The summed E-state index contributed by atoms with van der Waals surface area (Å²) in [6.07, 6.45) is 3.48. The van der Waals surface area contributed by atoms with E-state index in [9.17, 15) is 18.0 Å². The standard InChI is InChI=1S/C23H27N3O5S/c1-4-25-15(2)12-18(16(25)3)20(27)14-31-23(28)17-9-10-19-21(13-17)32(29,30)24-22-8-6-5-7-11-26(19)22/h9-10,12-13H,4-8,11,14H2,1-3H3. The molecule has 1 fully saturated rings. The number of benzene rings is 1. The Morgan fingerprint density at radius 3 is 2.62 bits per heavy atom. The summed E-state index contributed by atoms with van der Waals surface area (Å²) in [5.74, 6) is -0.484. The van der Waals surface area contributed by atoms with E-state index in [-0.39, 0.29) is 16.2 Å². The van der Waals surface area contributed by atoms with Gasteiger partial charge in [0.1, 0.15) is 10.7 Å². The monoisotopic (exact) mass is 457 g/mol. The number of nitrogens with zero attached hydrogens (tertiary/aromatic N) is 3. The summed E-state index contributed by atoms with van der Waals surface area (Å²) in [6, 6.07) is 6.25. The number of hydrogen-bond donors (Lipinski definition) is 0. The SMILES string of the molecule is CCn1c(C)cc(C(=O)COC(=O)c2ccc3c(c2)S(=O)(=O)N=C2CCCCCN23)c1C. The molecule has 4 rings (SSSR count). The van der Waals surface area contributed by atoms with Crippen molar-refractivity contribution in [1.29, 1.82) is 0 Å². The molecule has 0 N–H and O–H groups in total. The van der Waals surface area contributed by atoms with Gasteiger partial charge in [-0.1, -0.05) is 6.42 Å². The van der Waals surface area contributed by atoms with E-state index in [1.54, 1.807) is 12.1 Å². The number of ketones is 1. The minimum Gasteiger partial charge on any atom is -0.454 e. The molecular formula is C23H27N3O5S. The predicted octanol–water partition coefficient (Wildman–Crippen LogP) is 3.65. The summed E-state index contributed by atoms with van der Waals surface area (Å²) in [5, 5.41) is 0. The van der Waals surface area contributed by atoms with Gasteiger partial charge in [-0.15, -0.1) is 4.40 Å². The summed E-state index contributed by atoms with van der Waals surface area (Å²) >= 11 is 0. The van der Waals surface area contributed by atoms with Crippen molar-refractivity contribution in [3.63, 3.8) is 0 Å². The molecule has 0 unspecified atom stereocenters. The minimum absolute atomic E-state index is 0.00424. The number of sulfonamides is 1. The molecule has 170 valence electrons. The quantitative estimate of drug-likeness (QED) is 0.502. The summed E-state index contributed by atoms with van der Waals surface area (Å²) in [6.45, 7) is 6.80. The van der Waals surface area contributed by atoms with Crippen LogP contribution in [0, 0.1) is 13.8 Å². The molecular weight excluding hydrogens is 430 g/mol. The maximum Gasteiger partial charge on any atom is 0.338 e. The maximum atomic E-state index is 12.7. The van der Waals surface area contributed by atoms with Crippen LogP contribution in [0.15, 0.2) is 33.6 Å². The number of ether oxygens (including phenoxy) is 1. The van der Waals surface area contributed by atoms with Gasteiger partial charge in [-0.25, -0.2) is 4.79 Å². The van der Waals surface area contributed by atoms with Crippen molar-refractivity contribution in [3.05, 3.63) is 46.8 Å². The van der Waals surface area contributed by atoms with E-state index in [1.807, 2.05) is 30.2 Å². The Morgan fingerprint density at radius 2 is 1.91 bits per heavy atom. The van der Waals surface area contributed by atoms with Crippen molar-refractivity contribution in [2.75, 3.05) is 18.1 Å². The Kier molecular flexibility index (Phi) is 5.94. The van der Waals surface area contributed by atoms with Crippen LogP contribution in [0.25, 0.3) is 0 Å². The molecule has 0 spiro atoms. The Hall–Kier alpha value is -2.94. The van der Waals surface area contributed by atoms with Crippen LogP contribution < -0.4 is 4.90 Å². The average molecular weight is 458 g/mol. The second-order valence-corrected chi connectivity index (χ2v) is 9.73. The summed E-state index contributed by atoms with van der Waals surface area (Å²) in [4.78, 5) is 27.1. The van der Waals surface area contributed by atoms with Gasteiger partial charge in [-0.2, -0.15) is 8.42 Å². The third-order valence-electron chi connectivity index (χ3n) is 6.11. The van der Waals surface area contributed by atoms with Gasteiger partial charge in [0.05, 0.1) is 11.3 Å². The topological polar surface area (TPSA) is 98.0 Å². The lowest BCUT2D eigenvalue weighted by Gasteiger charge is -2.29. The average Bonchev–Trinajstić information content (AvgIpc) is 2.91. The lowest BCUT2D eigenvalue weighted by atomic mass is 10.1. The Labute approximate surface area is 187 Å². The highest BCUT2D eigenvalue weighted by atomic mass is 32.2. The molecule has 8 nitrogen and oxygen atoms in total. The van der Waals surface area contributed by atoms with Crippen LogP contribution >= 0.6 is 0 Å². The number of aryl methyl sites for hydroxylation is 1. The van der Waals surface area contributed by atoms with E-state index >= 15 is 0 Å². The molecule has 32 heavy (non-hydrogen) atoms. The van der Waals surface area contributed by atoms with Crippen molar-refractivity contribution in [1.82, 2.24) is 4.57 Å². The van der Waals surface area contributed by atoms with E-state index in [4.69, 9.17) is 4.74 Å². The third kappa shape index (κ3) is 3.97. The molecule has 1 aromatic heterocycles. The van der Waals surface area contributed by atoms with E-state index in [0.29, 0.717) is 30.1 Å². The first-order chi connectivity index (χ1) is 15.2. The molecule has 2 aliphatic rings. The van der Waals surface area contributed by atoms with Gasteiger partial charge in [0.2, 0.25) is 5.78 Å². The Bertz CT molecular complexity index is 1230. The number of esters is 1. The predicted molar refractivity (Wildman–Crippen MR) is 121 cm³/mol. The summed E-state index contributed by atoms with van der Waals surface area (Å²) in [5.41, 5.74) is 2.93. The van der Waals surface area contributed by atoms with Crippen LogP contribution in [0.3, 0.4) is 0 Å². The first-order valence-corrected chi connectivity index (χ1v) is 12.3. The summed E-state index contributed by atoms with van der Waals surface area (Å²) in [7, 11) is -3.90. The van der Waals surface area contributed by atoms with Crippen molar-refractivity contribution >= 4 is 33.3 Å². The van der Waals surface area contributed by atoms with E-state index < -0.39 is 22.6 Å². The zero-order valence-corrected chi connectivity index (χ0v) is 19.4. The highest BCUT2D eigenvalue weighted by molar-refractivity contribution is 7.90. The van der Waals surface area contributed by atoms with Gasteiger partial charge in [-0.3, -0.25) is 4.79 Å². The van der Waals surface area contributed by atoms with Crippen LogP contribution in [0.1, 0.15) is 64.7 Å². The molecule has 9 heteroatoms. The smallest absolute Gasteiger partial charge is 0.338 e. The number of hydrogen-bond acceptors (Lipinski definition) is 6. The molecule has 2 aliphatic heterocycles. The first kappa shape index (κ1) is 22.3. The van der Waals surface area contributed by atoms with Crippen molar-refractivity contribution in [3.8, 4) is 0 Å². The second-order valence-electron chi connectivity index (χ2n) is 8.16. The van der Waals surface area contributed by atoms with E-state index in [1.165, 1.54) is 12.1 Å². The van der Waals surface area contributed by atoms with Gasteiger partial charge in [0.15, 0.2) is 6.61 Å². The molecule has 2 aromatic rings. The lowest BCUT2D eigenvalue weighted by molar-refractivity contribution is 0.0474. The number of carbonyl (C=O) groups is 2. The zero-order valence-electron chi connectivity index (χ0n) is 18.6. The fraction of sp³-hybridized carbons (Fsp3) is 0.435. The number of Topliss-reactive ketones (excluding diaryl/α,β-unsaturated/α-hetero) is 1. The Balaban J connectivity index is 1.54. The Morgan fingerprint density at radius 1 is 1.12 bits per heavy atom. The highest BCUT2D eigenvalue weighted by Gasteiger charge is 2.32. The number of rotatable bonds is 5. The van der Waals surface area contributed by atoms with Crippen LogP contribution in [-0.4, -0.2) is 43.7 Å². The molecule has 0 atom stereocenters. The number of aromatic nitrogens is 1. The summed E-state index contributed by atoms with van der Waals surface area (Å²) < 4.78 is 36.7. The first-order valence-electron chi connectivity index (χ1n) is 10.9. The molecule has 0 saturated carbocycles. The van der Waals surface area contributed by atoms with Gasteiger partial charge in [0.25, 0.3) is 10.0 Å². The lowest BCUT2D eigenvalue weighted by Crippen LogP contribution is -2.35. The fourth-order valence-electron chi connectivity index (χ4n) is 4.47. The zero-order chi connectivity index (χ0) is 23.0. The molecule has 0 aliphatic carbocycles. The number of fused-ring (bicyclic) bond motifs is 3. The number of carbonyl (C=O) groups excluding carboxylic acids is 2. The normalized spacial score (nSPS) is 17.1. The van der Waals surface area contributed by atoms with E-state index in [0.717, 1.165) is 37.2 Å². The minimum atomic E-state index is -3.90. The van der Waals surface area contributed by atoms with Crippen molar-refractivity contribution in [2.24, 2.45) is 4.40 Å². The molecule has 0 radical (unpaired) electrons. The number of amidine groups is 1. The van der Waals surface area contributed by atoms with Crippen LogP contribution in [0.2, 0.25) is 0 Å². The van der Waals surface area contributed by atoms with Crippen molar-refractivity contribution in [2.45, 2.75) is 57.9 Å². The molecule has 3 heterocycles. The molecule has 0 amide bonds. The molecule has 1 aromatic carbocycles. The van der Waals surface area contributed by atoms with Crippen LogP contribution in [0.4, 0.5) is 5.69 Å². The highest BCUT2D eigenvalue weighted by Crippen LogP contribution is 2.35. The fourth-order valence-corrected chi connectivity index (χ4v) is 5.75. The van der Waals surface area contributed by atoms with E-state index in [2.05, 4.69) is 4.40 Å². The van der Waals surface area contributed by atoms with Gasteiger partial charge >= 0.3 is 5.97 Å². The van der Waals surface area contributed by atoms with Crippen LogP contribution in [-0.2, 0) is 21.3 Å². The maximum absolute atomic E-state index is 12.7. The van der Waals surface area contributed by atoms with Gasteiger partial charge in [0, 0.05) is 36.5 Å². The van der Waals surface area contributed by atoms with Gasteiger partial charge < -0.3 is 14.2 Å².